The number of rotatable bonds is 7. The Hall–Kier alpha value is -4.86. The zero-order valence-corrected chi connectivity index (χ0v) is 26.4. The van der Waals surface area contributed by atoms with Crippen molar-refractivity contribution in [2.75, 3.05) is 51.7 Å². The zero-order valence-electron chi connectivity index (χ0n) is 26.4. The number of hydrogen-bond acceptors (Lipinski definition) is 9. The lowest BCUT2D eigenvalue weighted by Crippen LogP contribution is -2.41. The minimum atomic E-state index is -0.461. The average molecular weight is 627 g/mol. The van der Waals surface area contributed by atoms with Gasteiger partial charge in [0, 0.05) is 51.4 Å². The van der Waals surface area contributed by atoms with Gasteiger partial charge in [-0.25, -0.2) is 19.0 Å². The van der Waals surface area contributed by atoms with Crippen LogP contribution in [0.5, 0.6) is 11.5 Å². The van der Waals surface area contributed by atoms with E-state index in [1.54, 1.807) is 40.9 Å². The molecule has 1 amide bonds. The number of amides is 1. The number of benzene rings is 2. The van der Waals surface area contributed by atoms with Crippen LogP contribution in [0.1, 0.15) is 26.7 Å². The Morgan fingerprint density at radius 3 is 2.48 bits per heavy atom. The lowest BCUT2D eigenvalue weighted by molar-refractivity contribution is -0.125. The molecule has 4 heterocycles. The molecule has 2 aliphatic heterocycles. The average Bonchev–Trinajstić information content (AvgIpc) is 3.70. The molecule has 0 atom stereocenters. The number of para-hydroxylation sites is 1. The smallest absolute Gasteiger partial charge is 0.264 e. The predicted molar refractivity (Wildman–Crippen MR) is 173 cm³/mol. The van der Waals surface area contributed by atoms with Crippen molar-refractivity contribution < 1.29 is 18.7 Å². The molecule has 0 spiro atoms. The number of nitrogen functional groups attached to an aromatic ring is 1. The first kappa shape index (κ1) is 32.5. The van der Waals surface area contributed by atoms with Crippen LogP contribution in [0.4, 0.5) is 10.2 Å². The summed E-state index contributed by atoms with van der Waals surface area (Å²) in [5.74, 6) is 0.728. The molecule has 11 nitrogen and oxygen atoms in total. The summed E-state index contributed by atoms with van der Waals surface area (Å²) < 4.78 is 27.3. The minimum absolute atomic E-state index is 0.106. The summed E-state index contributed by atoms with van der Waals surface area (Å²) in [7, 11) is 1.73. The number of likely N-dealkylation sites (tertiary alicyclic amines) is 1. The molecule has 2 aromatic carbocycles. The highest BCUT2D eigenvalue weighted by molar-refractivity contribution is 5.98. The quantitative estimate of drug-likeness (QED) is 0.223. The lowest BCUT2D eigenvalue weighted by Gasteiger charge is -2.33. The highest BCUT2D eigenvalue weighted by atomic mass is 19.1. The first-order chi connectivity index (χ1) is 22.1. The molecule has 2 aromatic heterocycles. The number of halogens is 1. The second-order valence-corrected chi connectivity index (χ2v) is 12.0. The third-order valence-electron chi connectivity index (χ3n) is 7.84. The van der Waals surface area contributed by atoms with Gasteiger partial charge in [-0.3, -0.25) is 9.69 Å². The van der Waals surface area contributed by atoms with E-state index in [1.165, 1.54) is 12.4 Å². The number of morpholine rings is 1. The SMILES string of the molecule is CC(C)(/C=C(\C#N)C(=O)N1CCCC1)CN1CCOCC1.Cn1nc(-c2ccc(Oc3ccccc3)cc2F)c2c(N)ncnc21. The second-order valence-electron chi connectivity index (χ2n) is 12.0. The molecule has 2 N–H and O–H groups in total. The Balaban J connectivity index is 0.000000184. The number of aromatic nitrogens is 4. The summed E-state index contributed by atoms with van der Waals surface area (Å²) in [5.41, 5.74) is 7.29. The molecular weight excluding hydrogens is 587 g/mol. The first-order valence-electron chi connectivity index (χ1n) is 15.3. The van der Waals surface area contributed by atoms with E-state index in [9.17, 15) is 14.4 Å². The summed E-state index contributed by atoms with van der Waals surface area (Å²) in [6.45, 7) is 9.92. The Morgan fingerprint density at radius 1 is 1.09 bits per heavy atom. The van der Waals surface area contributed by atoms with Crippen molar-refractivity contribution in [3.05, 3.63) is 72.3 Å². The maximum Gasteiger partial charge on any atom is 0.264 e. The molecule has 12 heteroatoms. The van der Waals surface area contributed by atoms with Crippen LogP contribution < -0.4 is 10.5 Å². The molecule has 0 radical (unpaired) electrons. The van der Waals surface area contributed by atoms with Crippen LogP contribution in [-0.4, -0.2) is 81.4 Å². The summed E-state index contributed by atoms with van der Waals surface area (Å²) in [4.78, 5) is 24.6. The Morgan fingerprint density at radius 2 is 1.80 bits per heavy atom. The highest BCUT2D eigenvalue weighted by Crippen LogP contribution is 2.33. The van der Waals surface area contributed by atoms with Gasteiger partial charge in [-0.15, -0.1) is 0 Å². The zero-order chi connectivity index (χ0) is 32.7. The molecule has 0 aliphatic carbocycles. The van der Waals surface area contributed by atoms with E-state index in [0.29, 0.717) is 33.8 Å². The van der Waals surface area contributed by atoms with Crippen molar-refractivity contribution in [3.63, 3.8) is 0 Å². The highest BCUT2D eigenvalue weighted by Gasteiger charge is 2.27. The van der Waals surface area contributed by atoms with Gasteiger partial charge >= 0.3 is 0 Å². The van der Waals surface area contributed by atoms with E-state index in [4.69, 9.17) is 15.2 Å². The van der Waals surface area contributed by atoms with E-state index in [-0.39, 0.29) is 22.7 Å². The molecule has 6 rings (SSSR count). The van der Waals surface area contributed by atoms with Gasteiger partial charge in [-0.2, -0.15) is 10.4 Å². The number of hydrogen-bond donors (Lipinski definition) is 1. The van der Waals surface area contributed by atoms with Gasteiger partial charge in [-0.1, -0.05) is 38.1 Å². The van der Waals surface area contributed by atoms with Gasteiger partial charge in [0.1, 0.15) is 46.8 Å². The van der Waals surface area contributed by atoms with Crippen LogP contribution in [0.2, 0.25) is 0 Å². The summed E-state index contributed by atoms with van der Waals surface area (Å²) in [5, 5.41) is 14.2. The van der Waals surface area contributed by atoms with Crippen LogP contribution in [-0.2, 0) is 16.6 Å². The second kappa shape index (κ2) is 14.5. The van der Waals surface area contributed by atoms with Crippen LogP contribution in [0.15, 0.2) is 66.5 Å². The van der Waals surface area contributed by atoms with Crippen molar-refractivity contribution in [2.45, 2.75) is 26.7 Å². The fourth-order valence-corrected chi connectivity index (χ4v) is 5.68. The summed E-state index contributed by atoms with van der Waals surface area (Å²) in [6, 6.07) is 15.9. The van der Waals surface area contributed by atoms with E-state index in [1.807, 2.05) is 24.3 Å². The van der Waals surface area contributed by atoms with Crippen molar-refractivity contribution in [1.82, 2.24) is 29.5 Å². The van der Waals surface area contributed by atoms with Gasteiger partial charge in [0.15, 0.2) is 5.65 Å². The maximum absolute atomic E-state index is 14.7. The normalized spacial score (nSPS) is 15.7. The molecule has 240 valence electrons. The Bertz CT molecular complexity index is 1740. The van der Waals surface area contributed by atoms with Crippen LogP contribution >= 0.6 is 0 Å². The Kier molecular flexibility index (Phi) is 10.2. The van der Waals surface area contributed by atoms with Gasteiger partial charge < -0.3 is 20.1 Å². The van der Waals surface area contributed by atoms with Gasteiger partial charge in [-0.05, 0) is 42.5 Å². The number of nitriles is 1. The number of nitrogens with two attached hydrogens (primary N) is 1. The molecule has 2 saturated heterocycles. The molecule has 2 aliphatic rings. The molecule has 2 fully saturated rings. The molecule has 4 aromatic rings. The fraction of sp³-hybridized carbons (Fsp3) is 0.382. The van der Waals surface area contributed by atoms with E-state index in [0.717, 1.165) is 58.8 Å². The number of carbonyl (C=O) groups is 1. The Labute approximate surface area is 268 Å². The molecular formula is C34H39FN8O3. The van der Waals surface area contributed by atoms with E-state index in [2.05, 4.69) is 39.9 Å². The molecule has 0 unspecified atom stereocenters. The van der Waals surface area contributed by atoms with Gasteiger partial charge in [0.2, 0.25) is 0 Å². The van der Waals surface area contributed by atoms with Crippen molar-refractivity contribution in [2.24, 2.45) is 12.5 Å². The third kappa shape index (κ3) is 7.85. The van der Waals surface area contributed by atoms with Gasteiger partial charge in [0.25, 0.3) is 5.91 Å². The summed E-state index contributed by atoms with van der Waals surface area (Å²) >= 11 is 0. The van der Waals surface area contributed by atoms with Crippen LogP contribution in [0, 0.1) is 22.6 Å². The predicted octanol–water partition coefficient (Wildman–Crippen LogP) is 4.96. The number of anilines is 1. The van der Waals surface area contributed by atoms with Crippen LogP contribution in [0.25, 0.3) is 22.3 Å². The van der Waals surface area contributed by atoms with Crippen molar-refractivity contribution >= 4 is 22.8 Å². The number of aryl methyl sites for hydroxylation is 1. The summed E-state index contributed by atoms with van der Waals surface area (Å²) in [6.07, 6.45) is 5.29. The minimum Gasteiger partial charge on any atom is -0.457 e. The fourth-order valence-electron chi connectivity index (χ4n) is 5.68. The third-order valence-corrected chi connectivity index (χ3v) is 7.84. The molecule has 0 saturated carbocycles. The molecule has 0 bridgehead atoms. The standard InChI is InChI=1S/C18H14FN5O.C16H25N3O2/c1-24-18-15(17(20)21-10-22-18)16(23-24)13-8-7-12(9-14(13)19)25-11-5-3-2-4-6-11;1-16(2,13-18-7-9-21-10-8-18)11-14(12-17)15(20)19-5-3-4-6-19/h2-10H,1H3,(H2,20,21,22);11H,3-10,13H2,1-2H3/b;14-11+. The van der Waals surface area contributed by atoms with E-state index < -0.39 is 5.82 Å². The number of ether oxygens (including phenoxy) is 2. The van der Waals surface area contributed by atoms with E-state index >= 15 is 0 Å². The number of carbonyl (C=O) groups excluding carboxylic acids is 1. The number of fused-ring (bicyclic) bond motifs is 1. The first-order valence-corrected chi connectivity index (χ1v) is 15.3. The topological polar surface area (TPSA) is 135 Å². The monoisotopic (exact) mass is 626 g/mol. The van der Waals surface area contributed by atoms with Gasteiger partial charge in [0.05, 0.1) is 18.6 Å². The number of nitrogens with zero attached hydrogens (tertiary/aromatic N) is 7. The largest absolute Gasteiger partial charge is 0.457 e. The van der Waals surface area contributed by atoms with Crippen molar-refractivity contribution in [1.29, 1.82) is 5.26 Å². The van der Waals surface area contributed by atoms with Crippen molar-refractivity contribution in [3.8, 4) is 28.8 Å². The maximum atomic E-state index is 14.7. The molecule has 46 heavy (non-hydrogen) atoms. The van der Waals surface area contributed by atoms with Crippen LogP contribution in [0.3, 0.4) is 0 Å². The lowest BCUT2D eigenvalue weighted by atomic mass is 9.89.